The van der Waals surface area contributed by atoms with Gasteiger partial charge in [-0.25, -0.2) is 14.0 Å². The summed E-state index contributed by atoms with van der Waals surface area (Å²) in [5, 5.41) is 14.1. The Kier molecular flexibility index (Phi) is 8.57. The van der Waals surface area contributed by atoms with Crippen molar-refractivity contribution < 1.29 is 28.3 Å². The van der Waals surface area contributed by atoms with Crippen molar-refractivity contribution in [1.82, 2.24) is 19.8 Å². The molecule has 16 heteroatoms. The number of oxime groups is 1. The van der Waals surface area contributed by atoms with Crippen LogP contribution in [0, 0.1) is 11.3 Å². The van der Waals surface area contributed by atoms with Crippen LogP contribution in [-0.4, -0.2) is 99.8 Å². The smallest absolute Gasteiger partial charge is 0.410 e. The number of nitrogen functional groups attached to an aromatic ring is 1. The molecule has 2 aromatic rings. The summed E-state index contributed by atoms with van der Waals surface area (Å²) >= 11 is 1.31. The molecule has 1 aliphatic carbocycles. The number of rotatable bonds is 7. The number of carbonyl (C=O) groups is 2. The first-order valence-electron chi connectivity index (χ1n) is 17.2. The van der Waals surface area contributed by atoms with Crippen molar-refractivity contribution >= 4 is 40.1 Å². The Balaban J connectivity index is 1.14. The summed E-state index contributed by atoms with van der Waals surface area (Å²) < 4.78 is 26.4. The minimum atomic E-state index is -1.11. The SMILES string of the molecule is CC(C)(C)OC(=O)N1[C@@H]2CC[C@H]1CN(c1cc(/C(N)=N/OC(=O)C3(C)CCc4sc(N)c(C#N)c43)nc(OC[C@@]34CCCN3C[C@H](F)C4)n1)C2. The van der Waals surface area contributed by atoms with Crippen LogP contribution >= 0.6 is 11.3 Å². The Morgan fingerprint density at radius 1 is 1.20 bits per heavy atom. The van der Waals surface area contributed by atoms with Gasteiger partial charge in [-0.2, -0.15) is 15.2 Å². The molecule has 0 spiro atoms. The van der Waals surface area contributed by atoms with Crippen molar-refractivity contribution in [3.8, 4) is 12.1 Å². The second-order valence-corrected chi connectivity index (χ2v) is 16.5. The standard InChI is InChI=1S/C34H44FN9O5S/c1-32(2,3)48-31(46)44-20-6-7-21(44)17-42(16-20)25-12-23(39-30(40-25)47-18-34-9-5-11-43(34)15-19(35)13-34)27(37)41-49-29(45)33(4)10-8-24-26(33)22(14-36)28(38)50-24/h12,19-21H,5-11,13,15-18,38H2,1-4H3,(H2,37,41)/t19-,20-,21+,33?,34+/m1/s1. The van der Waals surface area contributed by atoms with Crippen molar-refractivity contribution in [2.24, 2.45) is 10.9 Å². The molecular weight excluding hydrogens is 665 g/mol. The number of nitrogens with two attached hydrogens (primary N) is 2. The highest BCUT2D eigenvalue weighted by Crippen LogP contribution is 2.48. The molecule has 14 nitrogen and oxygen atoms in total. The normalized spacial score (nSPS) is 29.1. The third kappa shape index (κ3) is 6.08. The molecule has 0 aromatic carbocycles. The maximum absolute atomic E-state index is 14.5. The topological polar surface area (TPSA) is 186 Å². The van der Waals surface area contributed by atoms with Gasteiger partial charge in [0, 0.05) is 42.6 Å². The number of fused-ring (bicyclic) bond motifs is 4. The van der Waals surface area contributed by atoms with Gasteiger partial charge in [0.2, 0.25) is 0 Å². The van der Waals surface area contributed by atoms with Crippen molar-refractivity contribution in [2.45, 2.75) is 107 Å². The van der Waals surface area contributed by atoms with E-state index in [1.54, 1.807) is 13.0 Å². The molecule has 5 atom stereocenters. The summed E-state index contributed by atoms with van der Waals surface area (Å²) in [5.74, 6) is -0.304. The zero-order chi connectivity index (χ0) is 35.6. The number of hydrogen-bond donors (Lipinski definition) is 2. The number of anilines is 2. The average molecular weight is 710 g/mol. The lowest BCUT2D eigenvalue weighted by atomic mass is 9.83. The minimum Gasteiger partial charge on any atom is -0.461 e. The number of amidine groups is 1. The predicted octanol–water partition coefficient (Wildman–Crippen LogP) is 3.60. The molecular formula is C34H44FN9O5S. The van der Waals surface area contributed by atoms with E-state index in [1.807, 2.05) is 25.7 Å². The molecule has 4 fully saturated rings. The Labute approximate surface area is 294 Å². The molecule has 1 unspecified atom stereocenters. The van der Waals surface area contributed by atoms with Crippen LogP contribution in [0.15, 0.2) is 11.2 Å². The van der Waals surface area contributed by atoms with Crippen LogP contribution in [-0.2, 0) is 26.2 Å². The van der Waals surface area contributed by atoms with Gasteiger partial charge in [0.1, 0.15) is 41.0 Å². The highest BCUT2D eigenvalue weighted by molar-refractivity contribution is 7.16. The highest BCUT2D eigenvalue weighted by atomic mass is 32.1. The van der Waals surface area contributed by atoms with Crippen LogP contribution in [0.3, 0.4) is 0 Å². The summed E-state index contributed by atoms with van der Waals surface area (Å²) in [7, 11) is 0. The largest absolute Gasteiger partial charge is 0.461 e. The number of nitriles is 1. The van der Waals surface area contributed by atoms with Crippen molar-refractivity contribution in [2.75, 3.05) is 43.4 Å². The van der Waals surface area contributed by atoms with Gasteiger partial charge in [0.25, 0.3) is 0 Å². The molecule has 7 rings (SSSR count). The third-order valence-corrected chi connectivity index (χ3v) is 11.9. The molecule has 2 bridgehead atoms. The molecule has 50 heavy (non-hydrogen) atoms. The number of amides is 1. The van der Waals surface area contributed by atoms with Crippen molar-refractivity contribution in [3.63, 3.8) is 0 Å². The lowest BCUT2D eigenvalue weighted by Crippen LogP contribution is -2.57. The molecule has 4 saturated heterocycles. The molecule has 1 amide bonds. The summed E-state index contributed by atoms with van der Waals surface area (Å²) in [6, 6.07) is 3.68. The molecule has 6 heterocycles. The summed E-state index contributed by atoms with van der Waals surface area (Å²) in [5.41, 5.74) is 11.4. The van der Waals surface area contributed by atoms with Gasteiger partial charge < -0.3 is 30.7 Å². The van der Waals surface area contributed by atoms with Crippen LogP contribution in [0.5, 0.6) is 6.01 Å². The minimum absolute atomic E-state index is 0.0484. The van der Waals surface area contributed by atoms with E-state index in [0.717, 1.165) is 37.1 Å². The number of carbonyl (C=O) groups excluding carboxylic acids is 2. The first-order chi connectivity index (χ1) is 23.7. The van der Waals surface area contributed by atoms with E-state index >= 15 is 0 Å². The Hall–Kier alpha value is -4.23. The summed E-state index contributed by atoms with van der Waals surface area (Å²) in [6.07, 6.45) is 3.63. The zero-order valence-electron chi connectivity index (χ0n) is 28.9. The molecule has 0 radical (unpaired) electrons. The Bertz CT molecular complexity index is 1760. The molecule has 4 aliphatic heterocycles. The van der Waals surface area contributed by atoms with E-state index in [-0.39, 0.29) is 42.3 Å². The van der Waals surface area contributed by atoms with E-state index in [1.165, 1.54) is 11.3 Å². The Morgan fingerprint density at radius 2 is 1.94 bits per heavy atom. The van der Waals surface area contributed by atoms with Gasteiger partial charge in [0.15, 0.2) is 5.84 Å². The van der Waals surface area contributed by atoms with Gasteiger partial charge in [-0.15, -0.1) is 11.3 Å². The second-order valence-electron chi connectivity index (χ2n) is 15.4. The fourth-order valence-corrected chi connectivity index (χ4v) is 9.57. The number of alkyl halides is 1. The predicted molar refractivity (Wildman–Crippen MR) is 184 cm³/mol. The van der Waals surface area contributed by atoms with E-state index in [2.05, 4.69) is 26.0 Å². The summed E-state index contributed by atoms with van der Waals surface area (Å²) in [6.45, 7) is 9.71. The quantitative estimate of drug-likeness (QED) is 0.185. The number of aryl methyl sites for hydroxylation is 1. The van der Waals surface area contributed by atoms with Crippen molar-refractivity contribution in [1.29, 1.82) is 5.26 Å². The van der Waals surface area contributed by atoms with Crippen LogP contribution in [0.25, 0.3) is 0 Å². The second kappa shape index (κ2) is 12.5. The molecule has 268 valence electrons. The maximum atomic E-state index is 14.5. The number of aromatic nitrogens is 2. The summed E-state index contributed by atoms with van der Waals surface area (Å²) in [4.78, 5) is 48.3. The number of thiophene rings is 1. The highest BCUT2D eigenvalue weighted by Gasteiger charge is 2.50. The van der Waals surface area contributed by atoms with Gasteiger partial charge in [-0.3, -0.25) is 9.80 Å². The first-order valence-corrected chi connectivity index (χ1v) is 18.1. The van der Waals surface area contributed by atoms with Crippen LogP contribution < -0.4 is 21.1 Å². The van der Waals surface area contributed by atoms with Gasteiger partial charge in [-0.05, 0) is 72.8 Å². The Morgan fingerprint density at radius 3 is 2.64 bits per heavy atom. The van der Waals surface area contributed by atoms with Gasteiger partial charge in [0.05, 0.1) is 28.6 Å². The number of hydrogen-bond acceptors (Lipinski definition) is 13. The third-order valence-electron chi connectivity index (χ3n) is 10.8. The number of piperazine rings is 1. The molecule has 5 aliphatic rings. The fourth-order valence-electron chi connectivity index (χ4n) is 8.42. The van der Waals surface area contributed by atoms with Crippen molar-refractivity contribution in [3.05, 3.63) is 27.8 Å². The average Bonchev–Trinajstić information content (AvgIpc) is 3.83. The molecule has 2 aromatic heterocycles. The fraction of sp³-hybridized carbons (Fsp3) is 0.647. The lowest BCUT2D eigenvalue weighted by Gasteiger charge is -2.41. The number of ether oxygens (including phenoxy) is 2. The monoisotopic (exact) mass is 709 g/mol. The lowest BCUT2D eigenvalue weighted by molar-refractivity contribution is -0.150. The van der Waals surface area contributed by atoms with E-state index in [0.29, 0.717) is 60.8 Å². The van der Waals surface area contributed by atoms with E-state index < -0.39 is 28.7 Å². The van der Waals surface area contributed by atoms with E-state index in [9.17, 15) is 19.2 Å². The van der Waals surface area contributed by atoms with Gasteiger partial charge >= 0.3 is 18.1 Å². The van der Waals surface area contributed by atoms with Gasteiger partial charge in [-0.1, -0.05) is 5.16 Å². The van der Waals surface area contributed by atoms with Crippen LogP contribution in [0.4, 0.5) is 20.0 Å². The maximum Gasteiger partial charge on any atom is 0.410 e. The van der Waals surface area contributed by atoms with E-state index in [4.69, 9.17) is 30.8 Å². The number of nitrogens with zero attached hydrogens (tertiary/aromatic N) is 7. The zero-order valence-corrected chi connectivity index (χ0v) is 29.7. The number of halogens is 1. The van der Waals surface area contributed by atoms with Crippen LogP contribution in [0.1, 0.15) is 87.9 Å². The molecule has 0 saturated carbocycles. The molecule has 4 N–H and O–H groups in total. The van der Waals surface area contributed by atoms with Crippen LogP contribution in [0.2, 0.25) is 0 Å². The first kappa shape index (κ1) is 34.2.